The first-order valence-electron chi connectivity index (χ1n) is 8.01. The number of carbonyl (C=O) groups excluding carboxylic acids is 2. The first-order valence-corrected chi connectivity index (χ1v) is 8.01. The number of hydrogen-bond donors (Lipinski definition) is 6. The number of rotatable bonds is 9. The summed E-state index contributed by atoms with van der Waals surface area (Å²) < 4.78 is 0. The van der Waals surface area contributed by atoms with E-state index < -0.39 is 24.1 Å². The third kappa shape index (κ3) is 6.95. The van der Waals surface area contributed by atoms with Crippen molar-refractivity contribution >= 4 is 23.7 Å². The number of carbonyl (C=O) groups is 3. The smallest absolute Gasteiger partial charge is 0.407 e. The number of carboxylic acid groups (broad SMARTS) is 1. The minimum absolute atomic E-state index is 0.0692. The third-order valence-electron chi connectivity index (χ3n) is 3.71. The number of primary amides is 1. The van der Waals surface area contributed by atoms with Gasteiger partial charge in [-0.1, -0.05) is 6.07 Å². The molecule has 1 aromatic carbocycles. The zero-order valence-corrected chi connectivity index (χ0v) is 14.6. The summed E-state index contributed by atoms with van der Waals surface area (Å²) in [7, 11) is 1.41. The van der Waals surface area contributed by atoms with Gasteiger partial charge in [0.05, 0.1) is 12.6 Å². The lowest BCUT2D eigenvalue weighted by Gasteiger charge is -2.17. The SMILES string of the molecule is CN(Cc1cc(NC(=O)[C@@H](N)CCCNC(N)=O)ccc1CO)C(=O)O. The second-order valence-corrected chi connectivity index (χ2v) is 5.81. The second-order valence-electron chi connectivity index (χ2n) is 5.81. The van der Waals surface area contributed by atoms with E-state index in [4.69, 9.17) is 16.6 Å². The molecule has 0 spiro atoms. The highest BCUT2D eigenvalue weighted by molar-refractivity contribution is 5.94. The molecule has 0 radical (unpaired) electrons. The molecule has 0 aliphatic rings. The number of amides is 4. The highest BCUT2D eigenvalue weighted by Crippen LogP contribution is 2.18. The van der Waals surface area contributed by atoms with Gasteiger partial charge in [-0.3, -0.25) is 4.79 Å². The molecule has 10 nitrogen and oxygen atoms in total. The predicted molar refractivity (Wildman–Crippen MR) is 95.3 cm³/mol. The Morgan fingerprint density at radius 2 is 1.96 bits per heavy atom. The number of aliphatic hydroxyl groups excluding tert-OH is 1. The standard InChI is InChI=1S/C16H25N5O5/c1-21(16(25)26)8-11-7-12(5-4-10(11)9-22)20-14(23)13(17)3-2-6-19-15(18)24/h4-5,7,13,22H,2-3,6,8-9,17H2,1H3,(H,20,23)(H,25,26)(H3,18,19,24)/t13-/m0/s1. The maximum atomic E-state index is 12.1. The number of nitrogens with one attached hydrogen (secondary N) is 2. The van der Waals surface area contributed by atoms with Gasteiger partial charge in [0.2, 0.25) is 5.91 Å². The molecule has 0 unspecified atom stereocenters. The molecule has 0 bridgehead atoms. The Kier molecular flexibility index (Phi) is 8.32. The first-order chi connectivity index (χ1) is 12.2. The number of nitrogens with two attached hydrogens (primary N) is 2. The summed E-state index contributed by atoms with van der Waals surface area (Å²) in [6.07, 6.45) is -0.250. The summed E-state index contributed by atoms with van der Waals surface area (Å²) >= 11 is 0. The van der Waals surface area contributed by atoms with Crippen molar-refractivity contribution in [3.8, 4) is 0 Å². The zero-order valence-electron chi connectivity index (χ0n) is 14.6. The molecule has 4 amide bonds. The van der Waals surface area contributed by atoms with Crippen LogP contribution in [-0.4, -0.2) is 52.8 Å². The molecule has 10 heteroatoms. The van der Waals surface area contributed by atoms with E-state index in [1.807, 2.05) is 0 Å². The minimum Gasteiger partial charge on any atom is -0.465 e. The van der Waals surface area contributed by atoms with Crippen LogP contribution in [0.4, 0.5) is 15.3 Å². The monoisotopic (exact) mass is 367 g/mol. The Labute approximate surface area is 151 Å². The van der Waals surface area contributed by atoms with Crippen molar-refractivity contribution in [1.29, 1.82) is 0 Å². The Hall–Kier alpha value is -2.85. The van der Waals surface area contributed by atoms with Gasteiger partial charge in [0.15, 0.2) is 0 Å². The number of anilines is 1. The predicted octanol–water partition coefficient (Wildman–Crippen LogP) is 0.00300. The molecule has 8 N–H and O–H groups in total. The van der Waals surface area contributed by atoms with Crippen LogP contribution < -0.4 is 22.1 Å². The summed E-state index contributed by atoms with van der Waals surface area (Å²) in [5, 5.41) is 23.4. The van der Waals surface area contributed by atoms with E-state index in [9.17, 15) is 19.5 Å². The van der Waals surface area contributed by atoms with Gasteiger partial charge in [0, 0.05) is 25.8 Å². The van der Waals surface area contributed by atoms with E-state index in [-0.39, 0.29) is 13.2 Å². The van der Waals surface area contributed by atoms with Crippen LogP contribution in [0.15, 0.2) is 18.2 Å². The maximum Gasteiger partial charge on any atom is 0.407 e. The lowest BCUT2D eigenvalue weighted by atomic mass is 10.1. The van der Waals surface area contributed by atoms with Crippen LogP contribution in [0.25, 0.3) is 0 Å². The van der Waals surface area contributed by atoms with Crippen LogP contribution in [0, 0.1) is 0 Å². The molecule has 1 rings (SSSR count). The summed E-state index contributed by atoms with van der Waals surface area (Å²) in [6.45, 7) is 0.149. The maximum absolute atomic E-state index is 12.1. The number of aliphatic hydroxyl groups is 1. The van der Waals surface area contributed by atoms with Crippen LogP contribution in [0.3, 0.4) is 0 Å². The van der Waals surface area contributed by atoms with Crippen molar-refractivity contribution in [2.24, 2.45) is 11.5 Å². The van der Waals surface area contributed by atoms with Gasteiger partial charge >= 0.3 is 12.1 Å². The highest BCUT2D eigenvalue weighted by Gasteiger charge is 2.15. The van der Waals surface area contributed by atoms with Crippen molar-refractivity contribution in [3.63, 3.8) is 0 Å². The summed E-state index contributed by atoms with van der Waals surface area (Å²) in [6, 6.07) is 3.42. The van der Waals surface area contributed by atoms with Crippen LogP contribution in [-0.2, 0) is 17.9 Å². The normalized spacial score (nSPS) is 11.5. The molecule has 1 aromatic rings. The molecule has 0 fully saturated rings. The number of nitrogens with zero attached hydrogens (tertiary/aromatic N) is 1. The fourth-order valence-electron chi connectivity index (χ4n) is 2.23. The first kappa shape index (κ1) is 21.2. The quantitative estimate of drug-likeness (QED) is 0.335. The Balaban J connectivity index is 2.69. The van der Waals surface area contributed by atoms with Gasteiger partial charge < -0.3 is 37.2 Å². The van der Waals surface area contributed by atoms with E-state index in [0.29, 0.717) is 36.2 Å². The lowest BCUT2D eigenvalue weighted by Crippen LogP contribution is -2.37. The molecule has 144 valence electrons. The molecule has 26 heavy (non-hydrogen) atoms. The molecule has 0 aliphatic heterocycles. The number of hydrogen-bond acceptors (Lipinski definition) is 5. The molecule has 0 aliphatic carbocycles. The van der Waals surface area contributed by atoms with Crippen LogP contribution in [0.1, 0.15) is 24.0 Å². The van der Waals surface area contributed by atoms with Gasteiger partial charge in [0.1, 0.15) is 0 Å². The van der Waals surface area contributed by atoms with E-state index in [2.05, 4.69) is 10.6 Å². The van der Waals surface area contributed by atoms with Crippen LogP contribution in [0.2, 0.25) is 0 Å². The van der Waals surface area contributed by atoms with E-state index in [1.54, 1.807) is 18.2 Å². The van der Waals surface area contributed by atoms with Gasteiger partial charge in [-0.25, -0.2) is 9.59 Å². The Bertz CT molecular complexity index is 652. The summed E-state index contributed by atoms with van der Waals surface area (Å²) in [5.74, 6) is -0.404. The molecule has 0 heterocycles. The van der Waals surface area contributed by atoms with Gasteiger partial charge in [-0.15, -0.1) is 0 Å². The molecule has 0 saturated heterocycles. The molecular formula is C16H25N5O5. The van der Waals surface area contributed by atoms with E-state index in [1.165, 1.54) is 7.05 Å². The van der Waals surface area contributed by atoms with Crippen molar-refractivity contribution in [1.82, 2.24) is 10.2 Å². The summed E-state index contributed by atoms with van der Waals surface area (Å²) in [4.78, 5) is 34.7. The topological polar surface area (TPSA) is 171 Å². The second kappa shape index (κ2) is 10.2. The van der Waals surface area contributed by atoms with Gasteiger partial charge in [-0.2, -0.15) is 0 Å². The molecule has 0 aromatic heterocycles. The highest BCUT2D eigenvalue weighted by atomic mass is 16.4. The Morgan fingerprint density at radius 1 is 1.27 bits per heavy atom. The van der Waals surface area contributed by atoms with Crippen molar-refractivity contribution in [3.05, 3.63) is 29.3 Å². The van der Waals surface area contributed by atoms with E-state index in [0.717, 1.165) is 4.90 Å². The Morgan fingerprint density at radius 3 is 2.54 bits per heavy atom. The fraction of sp³-hybridized carbons (Fsp3) is 0.438. The van der Waals surface area contributed by atoms with Crippen molar-refractivity contribution in [2.75, 3.05) is 18.9 Å². The van der Waals surface area contributed by atoms with Crippen LogP contribution in [0.5, 0.6) is 0 Å². The number of urea groups is 1. The van der Waals surface area contributed by atoms with Crippen LogP contribution >= 0.6 is 0 Å². The fourth-order valence-corrected chi connectivity index (χ4v) is 2.23. The zero-order chi connectivity index (χ0) is 19.7. The van der Waals surface area contributed by atoms with Crippen molar-refractivity contribution in [2.45, 2.75) is 32.0 Å². The molecular weight excluding hydrogens is 342 g/mol. The molecule has 0 saturated carbocycles. The largest absolute Gasteiger partial charge is 0.465 e. The average Bonchev–Trinajstić information content (AvgIpc) is 2.58. The third-order valence-corrected chi connectivity index (χ3v) is 3.71. The van der Waals surface area contributed by atoms with Gasteiger partial charge in [-0.05, 0) is 36.1 Å². The summed E-state index contributed by atoms with van der Waals surface area (Å²) in [5.41, 5.74) is 12.4. The lowest BCUT2D eigenvalue weighted by molar-refractivity contribution is -0.117. The minimum atomic E-state index is -1.10. The van der Waals surface area contributed by atoms with E-state index >= 15 is 0 Å². The van der Waals surface area contributed by atoms with Gasteiger partial charge in [0.25, 0.3) is 0 Å². The number of benzene rings is 1. The average molecular weight is 367 g/mol. The van der Waals surface area contributed by atoms with Crippen molar-refractivity contribution < 1.29 is 24.6 Å². The molecule has 1 atom stereocenters.